The van der Waals surface area contributed by atoms with Crippen molar-refractivity contribution in [3.05, 3.63) is 23.8 Å². The van der Waals surface area contributed by atoms with Crippen molar-refractivity contribution in [1.29, 1.82) is 0 Å². The Balaban J connectivity index is 2.46. The molecule has 3 amide bonds. The van der Waals surface area contributed by atoms with Crippen LogP contribution in [0.1, 0.15) is 10.4 Å². The van der Waals surface area contributed by atoms with E-state index in [1.54, 1.807) is 5.32 Å². The van der Waals surface area contributed by atoms with Gasteiger partial charge in [0.1, 0.15) is 23.6 Å². The largest absolute Gasteiger partial charge is 0.507 e. The molecule has 0 unspecified atom stereocenters. The average molecular weight is 350 g/mol. The van der Waals surface area contributed by atoms with Gasteiger partial charge in [-0.3, -0.25) is 10.1 Å². The first-order valence-electron chi connectivity index (χ1n) is 6.31. The summed E-state index contributed by atoms with van der Waals surface area (Å²) in [6.07, 6.45) is -4.63. The van der Waals surface area contributed by atoms with Gasteiger partial charge in [0.15, 0.2) is 6.61 Å². The number of phenolic OH excluding ortho intramolecular Hbond substituents is 1. The topological polar surface area (TPSA) is 114 Å². The molecule has 0 aliphatic heterocycles. The average Bonchev–Trinajstić information content (AvgIpc) is 2.49. The molecule has 1 aromatic rings. The molecule has 0 atom stereocenters. The summed E-state index contributed by atoms with van der Waals surface area (Å²) in [5.74, 6) is -2.39. The van der Waals surface area contributed by atoms with E-state index in [4.69, 9.17) is 4.74 Å². The van der Waals surface area contributed by atoms with Crippen LogP contribution in [0.2, 0.25) is 0 Å². The lowest BCUT2D eigenvalue weighted by Crippen LogP contribution is -2.44. The van der Waals surface area contributed by atoms with E-state index >= 15 is 0 Å². The molecule has 0 bridgehead atoms. The fourth-order valence-corrected chi connectivity index (χ4v) is 1.41. The molecule has 0 saturated heterocycles. The normalized spacial score (nSPS) is 10.7. The number of nitrogens with one attached hydrogen (secondary N) is 2. The van der Waals surface area contributed by atoms with E-state index < -0.39 is 43.0 Å². The molecular weight excluding hydrogens is 337 g/mol. The van der Waals surface area contributed by atoms with Crippen molar-refractivity contribution in [2.45, 2.75) is 6.18 Å². The molecule has 0 heterocycles. The number of rotatable bonds is 5. The highest BCUT2D eigenvalue weighted by Crippen LogP contribution is 2.23. The Bertz CT molecular complexity index is 633. The second-order valence-corrected chi connectivity index (χ2v) is 4.31. The van der Waals surface area contributed by atoms with Crippen molar-refractivity contribution in [3.63, 3.8) is 0 Å². The van der Waals surface area contributed by atoms with Crippen LogP contribution in [0.25, 0.3) is 0 Å². The smallest absolute Gasteiger partial charge is 0.405 e. The number of carbonyl (C=O) groups is 3. The van der Waals surface area contributed by atoms with Gasteiger partial charge in [0.25, 0.3) is 5.91 Å². The van der Waals surface area contributed by atoms with Crippen molar-refractivity contribution in [3.8, 4) is 11.5 Å². The number of ether oxygens (including phenoxy) is 2. The van der Waals surface area contributed by atoms with Crippen LogP contribution in [-0.4, -0.2) is 49.5 Å². The zero-order valence-corrected chi connectivity index (χ0v) is 12.3. The number of carbonyl (C=O) groups excluding carboxylic acids is 3. The lowest BCUT2D eigenvalue weighted by molar-refractivity contribution is -0.125. The third-order valence-electron chi connectivity index (χ3n) is 2.46. The van der Waals surface area contributed by atoms with Crippen LogP contribution in [0.4, 0.5) is 18.0 Å². The lowest BCUT2D eigenvalue weighted by Gasteiger charge is -2.10. The van der Waals surface area contributed by atoms with Gasteiger partial charge in [-0.1, -0.05) is 0 Å². The Hall–Kier alpha value is -2.98. The summed E-state index contributed by atoms with van der Waals surface area (Å²) in [4.78, 5) is 33.9. The molecule has 24 heavy (non-hydrogen) atoms. The summed E-state index contributed by atoms with van der Waals surface area (Å²) in [7, 11) is 1.35. The molecule has 0 aliphatic carbocycles. The zero-order chi connectivity index (χ0) is 18.3. The molecule has 3 N–H and O–H groups in total. The molecule has 8 nitrogen and oxygen atoms in total. The van der Waals surface area contributed by atoms with E-state index in [0.717, 1.165) is 6.07 Å². The van der Waals surface area contributed by atoms with Crippen molar-refractivity contribution in [1.82, 2.24) is 10.6 Å². The highest BCUT2D eigenvalue weighted by atomic mass is 19.4. The maximum absolute atomic E-state index is 11.9. The summed E-state index contributed by atoms with van der Waals surface area (Å²) in [5.41, 5.74) is -0.259. The second kappa shape index (κ2) is 8.04. The number of urea groups is 1. The van der Waals surface area contributed by atoms with Crippen LogP contribution in [0.15, 0.2) is 18.2 Å². The maximum atomic E-state index is 11.9. The molecule has 1 aromatic carbocycles. The Kier molecular flexibility index (Phi) is 6.38. The van der Waals surface area contributed by atoms with E-state index in [2.05, 4.69) is 4.74 Å². The monoisotopic (exact) mass is 350 g/mol. The number of hydrogen-bond donors (Lipinski definition) is 3. The van der Waals surface area contributed by atoms with Gasteiger partial charge in [0, 0.05) is 6.07 Å². The molecule has 0 aliphatic rings. The number of methoxy groups -OCH3 is 1. The Morgan fingerprint density at radius 2 is 1.92 bits per heavy atom. The molecule has 11 heteroatoms. The number of amides is 3. The molecule has 132 valence electrons. The van der Waals surface area contributed by atoms with Crippen LogP contribution in [0, 0.1) is 0 Å². The minimum atomic E-state index is -4.63. The predicted molar refractivity (Wildman–Crippen MR) is 72.5 cm³/mol. The summed E-state index contributed by atoms with van der Waals surface area (Å²) >= 11 is 0. The number of alkyl halides is 3. The van der Waals surface area contributed by atoms with E-state index in [-0.39, 0.29) is 11.3 Å². The van der Waals surface area contributed by atoms with Gasteiger partial charge in [0.2, 0.25) is 0 Å². The first-order valence-corrected chi connectivity index (χ1v) is 6.31. The van der Waals surface area contributed by atoms with Gasteiger partial charge in [0.05, 0.1) is 7.11 Å². The van der Waals surface area contributed by atoms with Crippen molar-refractivity contribution >= 4 is 17.9 Å². The SMILES string of the molecule is COc1ccc(C(=O)OCC(=O)NC(=O)NCC(F)(F)F)c(O)c1. The van der Waals surface area contributed by atoms with Crippen LogP contribution < -0.4 is 15.4 Å². The van der Waals surface area contributed by atoms with Crippen LogP contribution in [0.5, 0.6) is 11.5 Å². The summed E-state index contributed by atoms with van der Waals surface area (Å²) in [5, 5.41) is 12.5. The van der Waals surface area contributed by atoms with Crippen LogP contribution in [0.3, 0.4) is 0 Å². The minimum Gasteiger partial charge on any atom is -0.507 e. The number of benzene rings is 1. The lowest BCUT2D eigenvalue weighted by atomic mass is 10.2. The van der Waals surface area contributed by atoms with E-state index in [0.29, 0.717) is 0 Å². The minimum absolute atomic E-state index is 0.259. The van der Waals surface area contributed by atoms with Crippen molar-refractivity contribution in [2.24, 2.45) is 0 Å². The van der Waals surface area contributed by atoms with Gasteiger partial charge in [-0.25, -0.2) is 9.59 Å². The fraction of sp³-hybridized carbons (Fsp3) is 0.308. The molecule has 0 radical (unpaired) electrons. The summed E-state index contributed by atoms with van der Waals surface area (Å²) in [6, 6.07) is 2.30. The summed E-state index contributed by atoms with van der Waals surface area (Å²) in [6.45, 7) is -2.55. The molecular formula is C13H13F3N2O6. The fourth-order valence-electron chi connectivity index (χ4n) is 1.41. The van der Waals surface area contributed by atoms with Gasteiger partial charge in [-0.05, 0) is 12.1 Å². The van der Waals surface area contributed by atoms with Gasteiger partial charge in [-0.15, -0.1) is 0 Å². The van der Waals surface area contributed by atoms with Gasteiger partial charge < -0.3 is 19.9 Å². The van der Waals surface area contributed by atoms with Gasteiger partial charge in [-0.2, -0.15) is 13.2 Å². The standard InChI is InChI=1S/C13H13F3N2O6/c1-23-7-2-3-8(9(19)4-7)11(21)24-5-10(20)18-12(22)17-6-13(14,15)16/h2-4,19H,5-6H2,1H3,(H2,17,18,20,22). The van der Waals surface area contributed by atoms with Crippen molar-refractivity contribution in [2.75, 3.05) is 20.3 Å². The quantitative estimate of drug-likeness (QED) is 0.681. The molecule has 0 fully saturated rings. The molecule has 0 spiro atoms. The summed E-state index contributed by atoms with van der Waals surface area (Å²) < 4.78 is 44.9. The molecule has 0 saturated carbocycles. The highest BCUT2D eigenvalue weighted by molar-refractivity contribution is 5.97. The third kappa shape index (κ3) is 6.42. The van der Waals surface area contributed by atoms with Crippen LogP contribution >= 0.6 is 0 Å². The zero-order valence-electron chi connectivity index (χ0n) is 12.3. The predicted octanol–water partition coefficient (Wildman–Crippen LogP) is 0.946. The van der Waals surface area contributed by atoms with E-state index in [1.807, 2.05) is 0 Å². The second-order valence-electron chi connectivity index (χ2n) is 4.31. The molecule has 1 rings (SSSR count). The third-order valence-corrected chi connectivity index (χ3v) is 2.46. The highest BCUT2D eigenvalue weighted by Gasteiger charge is 2.28. The Morgan fingerprint density at radius 3 is 2.46 bits per heavy atom. The number of halogens is 3. The number of esters is 1. The number of phenols is 1. The number of imide groups is 1. The number of aromatic hydroxyl groups is 1. The molecule has 0 aromatic heterocycles. The first kappa shape index (κ1) is 19.1. The number of hydrogen-bond acceptors (Lipinski definition) is 6. The maximum Gasteiger partial charge on any atom is 0.405 e. The van der Waals surface area contributed by atoms with Crippen molar-refractivity contribution < 1.29 is 42.1 Å². The Labute approximate surface area is 133 Å². The van der Waals surface area contributed by atoms with Crippen LogP contribution in [-0.2, 0) is 9.53 Å². The van der Waals surface area contributed by atoms with Gasteiger partial charge >= 0.3 is 18.2 Å². The van der Waals surface area contributed by atoms with E-state index in [9.17, 15) is 32.7 Å². The first-order chi connectivity index (χ1) is 11.1. The van der Waals surface area contributed by atoms with E-state index in [1.165, 1.54) is 24.6 Å². The Morgan fingerprint density at radius 1 is 1.25 bits per heavy atom.